The third-order valence-electron chi connectivity index (χ3n) is 3.69. The van der Waals surface area contributed by atoms with Crippen molar-refractivity contribution in [2.45, 2.75) is 38.3 Å². The lowest BCUT2D eigenvalue weighted by Crippen LogP contribution is -2.44. The minimum atomic E-state index is -0.567. The summed E-state index contributed by atoms with van der Waals surface area (Å²) in [6.07, 6.45) is 1.48. The van der Waals surface area contributed by atoms with Gasteiger partial charge in [0.2, 0.25) is 0 Å². The van der Waals surface area contributed by atoms with Crippen LogP contribution in [0.5, 0.6) is 0 Å². The lowest BCUT2D eigenvalue weighted by Gasteiger charge is -2.38. The molecule has 0 fully saturated rings. The van der Waals surface area contributed by atoms with Crippen LogP contribution in [0.15, 0.2) is 18.2 Å². The predicted molar refractivity (Wildman–Crippen MR) is 68.5 cm³/mol. The highest BCUT2D eigenvalue weighted by molar-refractivity contribution is 5.25. The summed E-state index contributed by atoms with van der Waals surface area (Å²) in [5.74, 6) is -1.11. The second-order valence-corrected chi connectivity index (χ2v) is 4.36. The van der Waals surface area contributed by atoms with Gasteiger partial charge in [-0.15, -0.1) is 0 Å². The average molecular weight is 257 g/mol. The molecule has 1 aromatic carbocycles. The van der Waals surface area contributed by atoms with E-state index in [4.69, 9.17) is 4.74 Å². The van der Waals surface area contributed by atoms with Gasteiger partial charge in [0.15, 0.2) is 0 Å². The van der Waals surface area contributed by atoms with Crippen LogP contribution in [0.2, 0.25) is 0 Å². The maximum atomic E-state index is 13.9. The van der Waals surface area contributed by atoms with Gasteiger partial charge in [0.25, 0.3) is 0 Å². The molecule has 0 heterocycles. The molecule has 0 saturated carbocycles. The Morgan fingerprint density at radius 2 is 1.89 bits per heavy atom. The number of rotatable bonds is 6. The fourth-order valence-electron chi connectivity index (χ4n) is 2.50. The standard InChI is InChI=1S/C14H21F2NO/c1-5-14(6-2,18-4)13(17-3)11-8-7-10(15)9-12(11)16/h7-9,13,17H,5-6H2,1-4H3. The van der Waals surface area contributed by atoms with Crippen LogP contribution in [0.1, 0.15) is 38.3 Å². The lowest BCUT2D eigenvalue weighted by atomic mass is 9.83. The van der Waals surface area contributed by atoms with Crippen LogP contribution in [0.4, 0.5) is 8.78 Å². The van der Waals surface area contributed by atoms with Crippen molar-refractivity contribution in [3.63, 3.8) is 0 Å². The van der Waals surface area contributed by atoms with Crippen molar-refractivity contribution in [2.24, 2.45) is 0 Å². The molecule has 1 N–H and O–H groups in total. The predicted octanol–water partition coefficient (Wildman–Crippen LogP) is 3.43. The van der Waals surface area contributed by atoms with E-state index >= 15 is 0 Å². The molecule has 0 aliphatic heterocycles. The van der Waals surface area contributed by atoms with E-state index in [0.717, 1.165) is 18.9 Å². The third kappa shape index (κ3) is 2.70. The van der Waals surface area contributed by atoms with Gasteiger partial charge in [-0.25, -0.2) is 8.78 Å². The molecule has 18 heavy (non-hydrogen) atoms. The van der Waals surface area contributed by atoms with Gasteiger partial charge in [-0.1, -0.05) is 19.9 Å². The van der Waals surface area contributed by atoms with E-state index in [-0.39, 0.29) is 6.04 Å². The Labute approximate surface area is 107 Å². The van der Waals surface area contributed by atoms with Crippen molar-refractivity contribution in [3.8, 4) is 0 Å². The van der Waals surface area contributed by atoms with Gasteiger partial charge in [-0.05, 0) is 26.0 Å². The normalized spacial score (nSPS) is 13.7. The van der Waals surface area contributed by atoms with Crippen molar-refractivity contribution in [1.29, 1.82) is 0 Å². The van der Waals surface area contributed by atoms with Gasteiger partial charge in [-0.2, -0.15) is 0 Å². The number of hydrogen-bond donors (Lipinski definition) is 1. The molecule has 0 radical (unpaired) electrons. The monoisotopic (exact) mass is 257 g/mol. The Morgan fingerprint density at radius 3 is 2.28 bits per heavy atom. The molecule has 0 aromatic heterocycles. The number of nitrogens with one attached hydrogen (secondary N) is 1. The molecule has 4 heteroatoms. The second-order valence-electron chi connectivity index (χ2n) is 4.36. The van der Waals surface area contributed by atoms with E-state index in [9.17, 15) is 8.78 Å². The van der Waals surface area contributed by atoms with E-state index in [1.807, 2.05) is 13.8 Å². The molecule has 1 aromatic rings. The van der Waals surface area contributed by atoms with Crippen molar-refractivity contribution >= 4 is 0 Å². The Kier molecular flexibility index (Phi) is 5.23. The maximum Gasteiger partial charge on any atom is 0.131 e. The van der Waals surface area contributed by atoms with Gasteiger partial charge in [0.05, 0.1) is 11.6 Å². The number of likely N-dealkylation sites (N-methyl/N-ethyl adjacent to an activating group) is 1. The van der Waals surface area contributed by atoms with Crippen LogP contribution in [0.3, 0.4) is 0 Å². The van der Waals surface area contributed by atoms with Crippen molar-refractivity contribution in [1.82, 2.24) is 5.32 Å². The Balaban J connectivity index is 3.23. The lowest BCUT2D eigenvalue weighted by molar-refractivity contribution is -0.0476. The first-order valence-corrected chi connectivity index (χ1v) is 6.22. The zero-order valence-electron chi connectivity index (χ0n) is 11.4. The highest BCUT2D eigenvalue weighted by Gasteiger charge is 2.37. The Hall–Kier alpha value is -1.00. The summed E-state index contributed by atoms with van der Waals surface area (Å²) in [7, 11) is 3.38. The van der Waals surface area contributed by atoms with Crippen molar-refractivity contribution in [3.05, 3.63) is 35.4 Å². The summed E-state index contributed by atoms with van der Waals surface area (Å²) < 4.78 is 32.5. The molecule has 102 valence electrons. The van der Waals surface area contributed by atoms with Crippen molar-refractivity contribution < 1.29 is 13.5 Å². The SMILES string of the molecule is CCC(CC)(OC)C(NC)c1ccc(F)cc1F. The molecule has 2 nitrogen and oxygen atoms in total. The molecule has 0 spiro atoms. The first kappa shape index (κ1) is 15.1. The minimum Gasteiger partial charge on any atom is -0.376 e. The number of methoxy groups -OCH3 is 1. The van der Waals surface area contributed by atoms with Gasteiger partial charge < -0.3 is 10.1 Å². The summed E-state index contributed by atoms with van der Waals surface area (Å²) in [6.45, 7) is 4.00. The van der Waals surface area contributed by atoms with Crippen LogP contribution in [0, 0.1) is 11.6 Å². The van der Waals surface area contributed by atoms with E-state index in [1.54, 1.807) is 14.2 Å². The molecule has 0 bridgehead atoms. The number of ether oxygens (including phenoxy) is 1. The summed E-state index contributed by atoms with van der Waals surface area (Å²) >= 11 is 0. The van der Waals surface area contributed by atoms with Gasteiger partial charge in [0.1, 0.15) is 11.6 Å². The van der Waals surface area contributed by atoms with Crippen LogP contribution in [-0.2, 0) is 4.74 Å². The molecule has 0 saturated heterocycles. The topological polar surface area (TPSA) is 21.3 Å². The Morgan fingerprint density at radius 1 is 1.28 bits per heavy atom. The number of benzene rings is 1. The van der Waals surface area contributed by atoms with E-state index < -0.39 is 17.2 Å². The minimum absolute atomic E-state index is 0.307. The van der Waals surface area contributed by atoms with Crippen LogP contribution >= 0.6 is 0 Å². The molecular formula is C14H21F2NO. The fraction of sp³-hybridized carbons (Fsp3) is 0.571. The van der Waals surface area contributed by atoms with Crippen LogP contribution < -0.4 is 5.32 Å². The summed E-state index contributed by atoms with van der Waals surface area (Å²) in [5.41, 5.74) is -0.0580. The first-order chi connectivity index (χ1) is 8.54. The number of halogens is 2. The van der Waals surface area contributed by atoms with E-state index in [0.29, 0.717) is 5.56 Å². The molecule has 0 aliphatic rings. The first-order valence-electron chi connectivity index (χ1n) is 6.22. The summed E-state index contributed by atoms with van der Waals surface area (Å²) in [4.78, 5) is 0. The highest BCUT2D eigenvalue weighted by atomic mass is 19.1. The summed E-state index contributed by atoms with van der Waals surface area (Å²) in [5, 5.41) is 3.08. The fourth-order valence-corrected chi connectivity index (χ4v) is 2.50. The average Bonchev–Trinajstić information content (AvgIpc) is 2.38. The smallest absolute Gasteiger partial charge is 0.131 e. The van der Waals surface area contributed by atoms with Gasteiger partial charge in [0, 0.05) is 18.7 Å². The van der Waals surface area contributed by atoms with E-state index in [1.165, 1.54) is 12.1 Å². The van der Waals surface area contributed by atoms with Gasteiger partial charge >= 0.3 is 0 Å². The molecule has 1 rings (SSSR count). The largest absolute Gasteiger partial charge is 0.376 e. The molecule has 1 unspecified atom stereocenters. The summed E-state index contributed by atoms with van der Waals surface area (Å²) in [6, 6.07) is 3.35. The quantitative estimate of drug-likeness (QED) is 0.843. The number of hydrogen-bond acceptors (Lipinski definition) is 2. The molecule has 0 aliphatic carbocycles. The zero-order valence-corrected chi connectivity index (χ0v) is 11.4. The van der Waals surface area contributed by atoms with Gasteiger partial charge in [-0.3, -0.25) is 0 Å². The molecule has 0 amide bonds. The Bertz CT molecular complexity index is 383. The molecular weight excluding hydrogens is 236 g/mol. The van der Waals surface area contributed by atoms with Crippen LogP contribution in [0.25, 0.3) is 0 Å². The van der Waals surface area contributed by atoms with Crippen LogP contribution in [-0.4, -0.2) is 19.8 Å². The second kappa shape index (κ2) is 6.25. The van der Waals surface area contributed by atoms with E-state index in [2.05, 4.69) is 5.32 Å². The van der Waals surface area contributed by atoms with Crippen molar-refractivity contribution in [2.75, 3.05) is 14.2 Å². The zero-order chi connectivity index (χ0) is 13.8. The highest BCUT2D eigenvalue weighted by Crippen LogP contribution is 2.35. The third-order valence-corrected chi connectivity index (χ3v) is 3.69. The molecule has 1 atom stereocenters. The maximum absolute atomic E-state index is 13.9.